The molecule has 0 aliphatic heterocycles. The van der Waals surface area contributed by atoms with Crippen molar-refractivity contribution in [1.29, 1.82) is 5.26 Å². The molecule has 1 amide bonds. The number of allylic oxidation sites excluding steroid dienone is 1. The van der Waals surface area contributed by atoms with Gasteiger partial charge in [0.2, 0.25) is 6.41 Å². The fourth-order valence-electron chi connectivity index (χ4n) is 2.46. The predicted octanol–water partition coefficient (Wildman–Crippen LogP) is 3.22. The number of benzene rings is 2. The van der Waals surface area contributed by atoms with Gasteiger partial charge in [-0.3, -0.25) is 14.9 Å². The molecule has 3 rings (SSSR count). The number of carbonyl (C=O) groups is 2. The minimum absolute atomic E-state index is 0.0607. The largest absolute Gasteiger partial charge is 0.507 e. The topological polar surface area (TPSA) is 162 Å². The van der Waals surface area contributed by atoms with E-state index in [2.05, 4.69) is 9.97 Å². The first kappa shape index (κ1) is 25.3. The summed E-state index contributed by atoms with van der Waals surface area (Å²) in [6.07, 6.45) is 3.28. The molecule has 0 atom stereocenters. The highest BCUT2D eigenvalue weighted by molar-refractivity contribution is 5.87. The van der Waals surface area contributed by atoms with E-state index in [1.807, 2.05) is 6.07 Å². The van der Waals surface area contributed by atoms with Gasteiger partial charge in [0.25, 0.3) is 5.69 Å². The summed E-state index contributed by atoms with van der Waals surface area (Å²) in [6.45, 7) is -0.511. The minimum Gasteiger partial charge on any atom is -0.507 e. The molecule has 0 aliphatic carbocycles. The van der Waals surface area contributed by atoms with Crippen molar-refractivity contribution in [2.24, 2.45) is 0 Å². The third-order valence-corrected chi connectivity index (χ3v) is 4.10. The van der Waals surface area contributed by atoms with Crippen LogP contribution >= 0.6 is 0 Å². The number of aromatic amines is 1. The van der Waals surface area contributed by atoms with Crippen molar-refractivity contribution in [2.45, 2.75) is 0 Å². The molecule has 0 bridgehead atoms. The highest BCUT2D eigenvalue weighted by atomic mass is 16.6. The molecule has 1 aromatic heterocycles. The van der Waals surface area contributed by atoms with Crippen LogP contribution in [-0.2, 0) is 14.3 Å². The molecule has 2 N–H and O–H groups in total. The highest BCUT2D eigenvalue weighted by Crippen LogP contribution is 2.19. The molecule has 1 heterocycles. The Hall–Kier alpha value is -4.98. The maximum absolute atomic E-state index is 11.8. The normalized spacial score (nSPS) is 11.1. The quantitative estimate of drug-likeness (QED) is 0.103. The lowest BCUT2D eigenvalue weighted by Gasteiger charge is -2.03. The molecule has 0 spiro atoms. The Morgan fingerprint density at radius 3 is 2.47 bits per heavy atom. The molecule has 0 fully saturated rings. The van der Waals surface area contributed by atoms with Crippen molar-refractivity contribution in [3.8, 4) is 6.07 Å². The Morgan fingerprint density at radius 1 is 1.26 bits per heavy atom. The third-order valence-electron chi connectivity index (χ3n) is 4.10. The van der Waals surface area contributed by atoms with Crippen molar-refractivity contribution in [3.63, 3.8) is 0 Å². The molecular formula is C23H21N5O6. The summed E-state index contributed by atoms with van der Waals surface area (Å²) in [5, 5.41) is 30.1. The number of ether oxygens (including phenoxy) is 1. The van der Waals surface area contributed by atoms with Crippen molar-refractivity contribution in [1.82, 2.24) is 14.9 Å². The Morgan fingerprint density at radius 2 is 1.91 bits per heavy atom. The van der Waals surface area contributed by atoms with Crippen LogP contribution in [0.25, 0.3) is 22.7 Å². The number of carbonyl (C=O) groups excluding carboxylic acids is 2. The number of para-hydroxylation sites is 2. The first-order chi connectivity index (χ1) is 16.2. The number of non-ortho nitro benzene ring substituents is 1. The van der Waals surface area contributed by atoms with Gasteiger partial charge < -0.3 is 19.7 Å². The standard InChI is InChI=1S/C20H14N4O5.C3H7NO/c21-11-15(20-22-16-3-1-2-4-17(16)23-20)18(25)12-29-19(26)10-7-13-5-8-14(9-6-13)24(27)28;1-4(2)3-5/h1-10,25H,12H2,(H,22,23);3H,1-2H3/b10-7?,18-15-;. The molecular weight excluding hydrogens is 442 g/mol. The Balaban J connectivity index is 0.000000739. The summed E-state index contributed by atoms with van der Waals surface area (Å²) in [6, 6.07) is 14.6. The summed E-state index contributed by atoms with van der Waals surface area (Å²) in [5.41, 5.74) is 1.70. The zero-order chi connectivity index (χ0) is 25.1. The molecule has 34 heavy (non-hydrogen) atoms. The van der Waals surface area contributed by atoms with Crippen LogP contribution < -0.4 is 0 Å². The fraction of sp³-hybridized carbons (Fsp3) is 0.130. The number of fused-ring (bicyclic) bond motifs is 1. The lowest BCUT2D eigenvalue weighted by atomic mass is 10.2. The van der Waals surface area contributed by atoms with Gasteiger partial charge in [-0.05, 0) is 35.9 Å². The van der Waals surface area contributed by atoms with E-state index in [0.717, 1.165) is 12.5 Å². The van der Waals surface area contributed by atoms with E-state index >= 15 is 0 Å². The number of nitro benzene ring substituents is 1. The van der Waals surface area contributed by atoms with Gasteiger partial charge in [-0.15, -0.1) is 0 Å². The molecule has 11 heteroatoms. The van der Waals surface area contributed by atoms with Gasteiger partial charge in [-0.2, -0.15) is 5.26 Å². The number of amides is 1. The van der Waals surface area contributed by atoms with Gasteiger partial charge in [0.05, 0.1) is 16.0 Å². The first-order valence-corrected chi connectivity index (χ1v) is 9.73. The van der Waals surface area contributed by atoms with Crippen molar-refractivity contribution >= 4 is 40.7 Å². The Labute approximate surface area is 194 Å². The molecule has 0 aliphatic rings. The Kier molecular flexibility index (Phi) is 9.04. The molecule has 2 aromatic carbocycles. The number of hydrogen-bond acceptors (Lipinski definition) is 8. The molecule has 174 valence electrons. The number of aliphatic hydroxyl groups excluding tert-OH is 1. The van der Waals surface area contributed by atoms with Gasteiger partial charge in [-0.1, -0.05) is 12.1 Å². The number of aliphatic hydroxyl groups is 1. The van der Waals surface area contributed by atoms with Crippen LogP contribution in [0.5, 0.6) is 0 Å². The molecule has 3 aromatic rings. The molecule has 11 nitrogen and oxygen atoms in total. The molecule has 0 radical (unpaired) electrons. The van der Waals surface area contributed by atoms with E-state index < -0.39 is 23.3 Å². The highest BCUT2D eigenvalue weighted by Gasteiger charge is 2.14. The number of nitrogens with zero attached hydrogens (tertiary/aromatic N) is 4. The zero-order valence-corrected chi connectivity index (χ0v) is 18.3. The summed E-state index contributed by atoms with van der Waals surface area (Å²) >= 11 is 0. The predicted molar refractivity (Wildman–Crippen MR) is 124 cm³/mol. The number of H-pyrrole nitrogens is 1. The van der Waals surface area contributed by atoms with E-state index in [4.69, 9.17) is 4.74 Å². The van der Waals surface area contributed by atoms with Crippen LogP contribution in [0, 0.1) is 21.4 Å². The number of imidazole rings is 1. The van der Waals surface area contributed by atoms with Crippen LogP contribution in [0.4, 0.5) is 5.69 Å². The van der Waals surface area contributed by atoms with E-state index in [0.29, 0.717) is 16.6 Å². The smallest absolute Gasteiger partial charge is 0.331 e. The number of nitro groups is 1. The van der Waals surface area contributed by atoms with Crippen LogP contribution in [-0.4, -0.2) is 58.0 Å². The molecule has 0 saturated carbocycles. The van der Waals surface area contributed by atoms with E-state index in [-0.39, 0.29) is 17.1 Å². The second kappa shape index (κ2) is 12.2. The van der Waals surface area contributed by atoms with E-state index in [1.54, 1.807) is 38.4 Å². The van der Waals surface area contributed by atoms with Crippen molar-refractivity contribution < 1.29 is 24.4 Å². The number of hydrogen-bond donors (Lipinski definition) is 2. The van der Waals surface area contributed by atoms with Crippen LogP contribution in [0.3, 0.4) is 0 Å². The van der Waals surface area contributed by atoms with Crippen LogP contribution in [0.1, 0.15) is 11.4 Å². The number of nitrogens with one attached hydrogen (secondary N) is 1. The minimum atomic E-state index is -0.753. The summed E-state index contributed by atoms with van der Waals surface area (Å²) in [4.78, 5) is 39.9. The summed E-state index contributed by atoms with van der Waals surface area (Å²) < 4.78 is 4.93. The average molecular weight is 463 g/mol. The zero-order valence-electron chi connectivity index (χ0n) is 18.3. The van der Waals surface area contributed by atoms with Crippen molar-refractivity contribution in [2.75, 3.05) is 20.7 Å². The third kappa shape index (κ3) is 7.31. The van der Waals surface area contributed by atoms with Crippen LogP contribution in [0.2, 0.25) is 0 Å². The van der Waals surface area contributed by atoms with Gasteiger partial charge in [0.15, 0.2) is 11.6 Å². The van der Waals surface area contributed by atoms with Crippen molar-refractivity contribution in [3.05, 3.63) is 81.9 Å². The monoisotopic (exact) mass is 463 g/mol. The maximum atomic E-state index is 11.8. The average Bonchev–Trinajstić information content (AvgIpc) is 3.26. The fourth-order valence-corrected chi connectivity index (χ4v) is 2.46. The van der Waals surface area contributed by atoms with Crippen LogP contribution in [0.15, 0.2) is 60.4 Å². The second-order valence-electron chi connectivity index (χ2n) is 6.89. The Bertz CT molecular complexity index is 1240. The molecule has 0 saturated heterocycles. The summed E-state index contributed by atoms with van der Waals surface area (Å²) in [7, 11) is 3.38. The maximum Gasteiger partial charge on any atom is 0.331 e. The van der Waals surface area contributed by atoms with Gasteiger partial charge in [0, 0.05) is 32.3 Å². The van der Waals surface area contributed by atoms with Gasteiger partial charge in [-0.25, -0.2) is 9.78 Å². The number of aromatic nitrogens is 2. The van der Waals surface area contributed by atoms with E-state index in [1.165, 1.54) is 35.2 Å². The van der Waals surface area contributed by atoms with Gasteiger partial charge >= 0.3 is 5.97 Å². The SMILES string of the molecule is CN(C)C=O.N#C/C(=C(/O)COC(=O)C=Cc1ccc([N+](=O)[O-])cc1)c1nc2ccccc2[nH]1. The van der Waals surface area contributed by atoms with Gasteiger partial charge in [0.1, 0.15) is 18.2 Å². The second-order valence-corrected chi connectivity index (χ2v) is 6.89. The lowest BCUT2D eigenvalue weighted by molar-refractivity contribution is -0.384. The molecule has 0 unspecified atom stereocenters. The number of esters is 1. The lowest BCUT2D eigenvalue weighted by Crippen LogP contribution is -2.06. The first-order valence-electron chi connectivity index (χ1n) is 9.73. The number of nitriles is 1. The summed E-state index contributed by atoms with van der Waals surface area (Å²) in [5.74, 6) is -1.02. The van der Waals surface area contributed by atoms with E-state index in [9.17, 15) is 30.1 Å². The number of rotatable bonds is 7.